The van der Waals surface area contributed by atoms with Crippen LogP contribution in [0.3, 0.4) is 0 Å². The lowest BCUT2D eigenvalue weighted by atomic mass is 9.92. The van der Waals surface area contributed by atoms with Crippen LogP contribution in [-0.2, 0) is 24.7 Å². The smallest absolute Gasteiger partial charge is 0.344 e. The molecule has 0 unspecified atom stereocenters. The lowest BCUT2D eigenvalue weighted by Gasteiger charge is -2.22. The Hall–Kier alpha value is -3.16. The van der Waals surface area contributed by atoms with Gasteiger partial charge in [0.1, 0.15) is 5.54 Å². The summed E-state index contributed by atoms with van der Waals surface area (Å²) in [6.45, 7) is 1.00. The molecule has 2 aliphatic rings. The summed E-state index contributed by atoms with van der Waals surface area (Å²) in [4.78, 5) is 48.8. The number of benzene rings is 1. The van der Waals surface area contributed by atoms with E-state index in [4.69, 9.17) is 4.74 Å². The van der Waals surface area contributed by atoms with E-state index in [2.05, 4.69) is 10.7 Å². The monoisotopic (exact) mass is 371 g/mol. The van der Waals surface area contributed by atoms with Gasteiger partial charge in [-0.15, -0.1) is 0 Å². The first-order valence-electron chi connectivity index (χ1n) is 8.75. The molecule has 2 N–H and O–H groups in total. The van der Waals surface area contributed by atoms with Crippen molar-refractivity contribution in [3.8, 4) is 0 Å². The van der Waals surface area contributed by atoms with Crippen LogP contribution in [0.1, 0.15) is 31.7 Å². The summed E-state index contributed by atoms with van der Waals surface area (Å²) in [5.41, 5.74) is 1.52. The second kappa shape index (κ2) is 7.61. The van der Waals surface area contributed by atoms with Gasteiger partial charge in [-0.1, -0.05) is 42.5 Å². The Morgan fingerprint density at radius 2 is 2.00 bits per heavy atom. The third-order valence-corrected chi connectivity index (χ3v) is 4.73. The molecule has 0 aromatic heterocycles. The third kappa shape index (κ3) is 3.84. The fraction of sp³-hybridized carbons (Fsp3) is 0.368. The van der Waals surface area contributed by atoms with Gasteiger partial charge in [0.25, 0.3) is 11.8 Å². The van der Waals surface area contributed by atoms with E-state index in [0.29, 0.717) is 23.4 Å². The van der Waals surface area contributed by atoms with Gasteiger partial charge in [-0.3, -0.25) is 19.8 Å². The zero-order valence-corrected chi connectivity index (χ0v) is 14.9. The van der Waals surface area contributed by atoms with Crippen molar-refractivity contribution in [3.63, 3.8) is 0 Å². The summed E-state index contributed by atoms with van der Waals surface area (Å²) in [5, 5.41) is 3.19. The number of ether oxygens (including phenoxy) is 1. The molecule has 1 aromatic rings. The first-order valence-corrected chi connectivity index (χ1v) is 8.75. The number of hydrogen-bond acceptors (Lipinski definition) is 5. The van der Waals surface area contributed by atoms with Gasteiger partial charge in [0.15, 0.2) is 6.61 Å². The highest BCUT2D eigenvalue weighted by Gasteiger charge is 2.50. The second-order valence-corrected chi connectivity index (χ2v) is 6.69. The van der Waals surface area contributed by atoms with E-state index in [1.165, 1.54) is 0 Å². The lowest BCUT2D eigenvalue weighted by Crippen LogP contribution is -2.49. The minimum atomic E-state index is -1.28. The molecule has 0 bridgehead atoms. The molecule has 0 saturated carbocycles. The number of urea groups is 1. The maximum Gasteiger partial charge on any atom is 0.344 e. The average Bonchev–Trinajstić information content (AvgIpc) is 2.91. The highest BCUT2D eigenvalue weighted by Crippen LogP contribution is 2.27. The van der Waals surface area contributed by atoms with Crippen LogP contribution in [0.2, 0.25) is 0 Å². The van der Waals surface area contributed by atoms with Crippen LogP contribution in [0.25, 0.3) is 0 Å². The SMILES string of the molecule is C[C@@]1(c2ccccc2)NC(=O)N(NC(=O)COC(=O)[C@H]2CC=CCC2)C1=O. The predicted molar refractivity (Wildman–Crippen MR) is 94.8 cm³/mol. The molecule has 1 aliphatic heterocycles. The molecule has 142 valence electrons. The Bertz CT molecular complexity index is 792. The van der Waals surface area contributed by atoms with Gasteiger partial charge in [-0.05, 0) is 31.7 Å². The highest BCUT2D eigenvalue weighted by molar-refractivity contribution is 6.08. The highest BCUT2D eigenvalue weighted by atomic mass is 16.5. The Kier molecular flexibility index (Phi) is 5.25. The largest absolute Gasteiger partial charge is 0.455 e. The number of allylic oxidation sites excluding steroid dienone is 2. The van der Waals surface area contributed by atoms with Crippen molar-refractivity contribution in [2.45, 2.75) is 31.7 Å². The second-order valence-electron chi connectivity index (χ2n) is 6.69. The number of esters is 1. The third-order valence-electron chi connectivity index (χ3n) is 4.73. The van der Waals surface area contributed by atoms with Gasteiger partial charge in [0.2, 0.25) is 0 Å². The molecule has 27 heavy (non-hydrogen) atoms. The first kappa shape index (κ1) is 18.6. The molecule has 1 fully saturated rings. The first-order chi connectivity index (χ1) is 12.9. The molecular weight excluding hydrogens is 350 g/mol. The summed E-state index contributed by atoms with van der Waals surface area (Å²) in [5.74, 6) is -2.09. The molecule has 4 amide bonds. The summed E-state index contributed by atoms with van der Waals surface area (Å²) in [6.07, 6.45) is 5.97. The maximum atomic E-state index is 12.7. The molecule has 0 radical (unpaired) electrons. The van der Waals surface area contributed by atoms with Crippen LogP contribution in [0, 0.1) is 5.92 Å². The van der Waals surface area contributed by atoms with Gasteiger partial charge < -0.3 is 10.1 Å². The van der Waals surface area contributed by atoms with E-state index in [1.807, 2.05) is 12.2 Å². The van der Waals surface area contributed by atoms with E-state index in [-0.39, 0.29) is 5.92 Å². The van der Waals surface area contributed by atoms with Crippen LogP contribution in [0.5, 0.6) is 0 Å². The predicted octanol–water partition coefficient (Wildman–Crippen LogP) is 1.38. The maximum absolute atomic E-state index is 12.7. The molecule has 2 atom stereocenters. The number of carbonyl (C=O) groups is 4. The molecule has 1 aromatic carbocycles. The van der Waals surface area contributed by atoms with Gasteiger partial charge >= 0.3 is 12.0 Å². The van der Waals surface area contributed by atoms with Crippen LogP contribution in [0.15, 0.2) is 42.5 Å². The molecular formula is C19H21N3O5. The van der Waals surface area contributed by atoms with Crippen molar-refractivity contribution in [2.24, 2.45) is 5.92 Å². The summed E-state index contributed by atoms with van der Waals surface area (Å²) in [7, 11) is 0. The quantitative estimate of drug-likeness (QED) is 0.462. The molecule has 0 spiro atoms. The minimum absolute atomic E-state index is 0.263. The number of hydrazine groups is 1. The van der Waals surface area contributed by atoms with E-state index >= 15 is 0 Å². The average molecular weight is 371 g/mol. The topological polar surface area (TPSA) is 105 Å². The number of amides is 4. The van der Waals surface area contributed by atoms with E-state index in [9.17, 15) is 19.2 Å². The van der Waals surface area contributed by atoms with Gasteiger partial charge in [-0.2, -0.15) is 5.01 Å². The fourth-order valence-corrected chi connectivity index (χ4v) is 3.13. The molecule has 3 rings (SSSR count). The molecule has 8 nitrogen and oxygen atoms in total. The molecule has 1 heterocycles. The van der Waals surface area contributed by atoms with Gasteiger partial charge in [0.05, 0.1) is 5.92 Å². The van der Waals surface area contributed by atoms with E-state index < -0.39 is 36.0 Å². The number of rotatable bonds is 5. The van der Waals surface area contributed by atoms with E-state index in [0.717, 1.165) is 6.42 Å². The Morgan fingerprint density at radius 1 is 1.26 bits per heavy atom. The van der Waals surface area contributed by atoms with Crippen molar-refractivity contribution < 1.29 is 23.9 Å². The lowest BCUT2D eigenvalue weighted by molar-refractivity contribution is -0.154. The standard InChI is InChI=1S/C19H21N3O5/c1-19(14-10-6-3-7-11-14)17(25)22(18(26)20-19)21-15(23)12-27-16(24)13-8-4-2-5-9-13/h2-4,6-7,10-11,13H,5,8-9,12H2,1H3,(H,20,26)(H,21,23)/t13-,19-/m0/s1. The zero-order valence-electron chi connectivity index (χ0n) is 14.9. The molecule has 1 aliphatic carbocycles. The fourth-order valence-electron chi connectivity index (χ4n) is 3.13. The number of nitrogens with zero attached hydrogens (tertiary/aromatic N) is 1. The number of nitrogens with one attached hydrogen (secondary N) is 2. The normalized spacial score (nSPS) is 24.5. The number of imide groups is 1. The Balaban J connectivity index is 1.58. The van der Waals surface area contributed by atoms with Crippen molar-refractivity contribution in [1.82, 2.24) is 15.8 Å². The van der Waals surface area contributed by atoms with E-state index in [1.54, 1.807) is 37.3 Å². The zero-order chi connectivity index (χ0) is 19.4. The molecule has 8 heteroatoms. The van der Waals surface area contributed by atoms with Gasteiger partial charge in [-0.25, -0.2) is 4.79 Å². The summed E-state index contributed by atoms with van der Waals surface area (Å²) < 4.78 is 5.01. The van der Waals surface area contributed by atoms with Gasteiger partial charge in [0, 0.05) is 0 Å². The summed E-state index contributed by atoms with van der Waals surface area (Å²) >= 11 is 0. The van der Waals surface area contributed by atoms with Crippen LogP contribution >= 0.6 is 0 Å². The van der Waals surface area contributed by atoms with Crippen molar-refractivity contribution in [1.29, 1.82) is 0 Å². The van der Waals surface area contributed by atoms with Crippen LogP contribution < -0.4 is 10.7 Å². The number of hydrogen-bond donors (Lipinski definition) is 2. The van der Waals surface area contributed by atoms with Crippen molar-refractivity contribution in [2.75, 3.05) is 6.61 Å². The summed E-state index contributed by atoms with van der Waals surface area (Å²) in [6, 6.07) is 7.98. The van der Waals surface area contributed by atoms with Crippen LogP contribution in [-0.4, -0.2) is 35.4 Å². The molecule has 1 saturated heterocycles. The number of carbonyl (C=O) groups excluding carboxylic acids is 4. The minimum Gasteiger partial charge on any atom is -0.455 e. The van der Waals surface area contributed by atoms with Crippen molar-refractivity contribution >= 4 is 23.8 Å². The van der Waals surface area contributed by atoms with Crippen molar-refractivity contribution in [3.05, 3.63) is 48.0 Å². The van der Waals surface area contributed by atoms with Crippen LogP contribution in [0.4, 0.5) is 4.79 Å². The Labute approximate surface area is 156 Å². The Morgan fingerprint density at radius 3 is 2.67 bits per heavy atom.